The van der Waals surface area contributed by atoms with Crippen molar-refractivity contribution >= 4 is 0 Å². The second kappa shape index (κ2) is 4.31. The molecule has 15 heavy (non-hydrogen) atoms. The van der Waals surface area contributed by atoms with E-state index in [9.17, 15) is 4.39 Å². The molecule has 0 aromatic heterocycles. The van der Waals surface area contributed by atoms with Crippen molar-refractivity contribution in [3.05, 3.63) is 35.1 Å². The van der Waals surface area contributed by atoms with Crippen molar-refractivity contribution < 1.29 is 4.39 Å². The third kappa shape index (κ3) is 2.37. The monoisotopic (exact) mass is 207 g/mol. The maximum absolute atomic E-state index is 12.9. The van der Waals surface area contributed by atoms with E-state index >= 15 is 0 Å². The van der Waals surface area contributed by atoms with Crippen molar-refractivity contribution in [2.24, 2.45) is 11.7 Å². The van der Waals surface area contributed by atoms with Gasteiger partial charge in [0.15, 0.2) is 0 Å². The Labute approximate surface area is 90.5 Å². The molecule has 1 aliphatic carbocycles. The highest BCUT2D eigenvalue weighted by atomic mass is 19.1. The second-order valence-corrected chi connectivity index (χ2v) is 4.63. The van der Waals surface area contributed by atoms with Gasteiger partial charge in [-0.2, -0.15) is 0 Å². The number of aryl methyl sites for hydroxylation is 1. The van der Waals surface area contributed by atoms with E-state index in [1.807, 2.05) is 13.0 Å². The number of benzene rings is 1. The number of rotatable bonds is 2. The molecular formula is C13H18FN. The fourth-order valence-electron chi connectivity index (χ4n) is 2.49. The molecule has 1 saturated carbocycles. The second-order valence-electron chi connectivity index (χ2n) is 4.63. The van der Waals surface area contributed by atoms with Crippen LogP contribution in [0.15, 0.2) is 18.2 Å². The predicted octanol–water partition coefficient (Wildman–Crippen LogP) is 2.80. The van der Waals surface area contributed by atoms with E-state index in [1.165, 1.54) is 18.4 Å². The Hall–Kier alpha value is -0.890. The standard InChI is InChI=1S/C13H18FN/c1-9-7-12(14)6-5-10(9)8-11-3-2-4-13(11)15/h5-7,11,13H,2-4,8,15H2,1H3. The number of hydrogen-bond donors (Lipinski definition) is 1. The van der Waals surface area contributed by atoms with Crippen molar-refractivity contribution in [3.8, 4) is 0 Å². The van der Waals surface area contributed by atoms with Crippen LogP contribution in [-0.4, -0.2) is 6.04 Å². The lowest BCUT2D eigenvalue weighted by molar-refractivity contribution is 0.477. The fourth-order valence-corrected chi connectivity index (χ4v) is 2.49. The summed E-state index contributed by atoms with van der Waals surface area (Å²) >= 11 is 0. The fraction of sp³-hybridized carbons (Fsp3) is 0.538. The van der Waals surface area contributed by atoms with Crippen molar-refractivity contribution in [3.63, 3.8) is 0 Å². The molecule has 1 nitrogen and oxygen atoms in total. The van der Waals surface area contributed by atoms with Gasteiger partial charge in [-0.05, 0) is 55.4 Å². The lowest BCUT2D eigenvalue weighted by Crippen LogP contribution is -2.26. The third-order valence-electron chi connectivity index (χ3n) is 3.50. The molecule has 1 aliphatic rings. The van der Waals surface area contributed by atoms with Crippen LogP contribution in [0, 0.1) is 18.7 Å². The number of hydrogen-bond acceptors (Lipinski definition) is 1. The topological polar surface area (TPSA) is 26.0 Å². The normalized spacial score (nSPS) is 25.8. The van der Waals surface area contributed by atoms with Crippen molar-refractivity contribution in [2.45, 2.75) is 38.6 Å². The van der Waals surface area contributed by atoms with Gasteiger partial charge in [0.05, 0.1) is 0 Å². The summed E-state index contributed by atoms with van der Waals surface area (Å²) in [5, 5.41) is 0. The predicted molar refractivity (Wildman–Crippen MR) is 60.2 cm³/mol. The SMILES string of the molecule is Cc1cc(F)ccc1CC1CCCC1N. The zero-order valence-electron chi connectivity index (χ0n) is 9.17. The molecule has 0 aliphatic heterocycles. The molecule has 2 heteroatoms. The van der Waals surface area contributed by atoms with E-state index in [1.54, 1.807) is 12.1 Å². The largest absolute Gasteiger partial charge is 0.327 e. The van der Waals surface area contributed by atoms with Gasteiger partial charge in [-0.15, -0.1) is 0 Å². The van der Waals surface area contributed by atoms with Gasteiger partial charge in [0.25, 0.3) is 0 Å². The number of nitrogens with two attached hydrogens (primary N) is 1. The van der Waals surface area contributed by atoms with E-state index in [4.69, 9.17) is 5.73 Å². The van der Waals surface area contributed by atoms with E-state index in [2.05, 4.69) is 0 Å². The molecule has 2 N–H and O–H groups in total. The lowest BCUT2D eigenvalue weighted by Gasteiger charge is -2.16. The van der Waals surface area contributed by atoms with Crippen LogP contribution in [-0.2, 0) is 6.42 Å². The van der Waals surface area contributed by atoms with Gasteiger partial charge in [0.1, 0.15) is 5.82 Å². The van der Waals surface area contributed by atoms with Crippen molar-refractivity contribution in [1.29, 1.82) is 0 Å². The van der Waals surface area contributed by atoms with E-state index in [0.717, 1.165) is 18.4 Å². The zero-order valence-corrected chi connectivity index (χ0v) is 9.17. The minimum absolute atomic E-state index is 0.146. The molecule has 0 spiro atoms. The maximum Gasteiger partial charge on any atom is 0.123 e. The van der Waals surface area contributed by atoms with Crippen LogP contribution in [0.1, 0.15) is 30.4 Å². The van der Waals surface area contributed by atoms with Crippen LogP contribution >= 0.6 is 0 Å². The first kappa shape index (κ1) is 10.6. The molecule has 0 amide bonds. The van der Waals surface area contributed by atoms with Gasteiger partial charge in [0, 0.05) is 6.04 Å². The van der Waals surface area contributed by atoms with Crippen LogP contribution in [0.4, 0.5) is 4.39 Å². The molecule has 1 fully saturated rings. The van der Waals surface area contributed by atoms with Crippen molar-refractivity contribution in [2.75, 3.05) is 0 Å². The first-order valence-corrected chi connectivity index (χ1v) is 5.67. The Morgan fingerprint density at radius 3 is 2.80 bits per heavy atom. The summed E-state index contributed by atoms with van der Waals surface area (Å²) in [6, 6.07) is 5.39. The van der Waals surface area contributed by atoms with Crippen LogP contribution in [0.3, 0.4) is 0 Å². The molecular weight excluding hydrogens is 189 g/mol. The minimum Gasteiger partial charge on any atom is -0.327 e. The highest BCUT2D eigenvalue weighted by Crippen LogP contribution is 2.28. The van der Waals surface area contributed by atoms with Gasteiger partial charge >= 0.3 is 0 Å². The third-order valence-corrected chi connectivity index (χ3v) is 3.50. The first-order chi connectivity index (χ1) is 7.16. The van der Waals surface area contributed by atoms with E-state index in [0.29, 0.717) is 12.0 Å². The van der Waals surface area contributed by atoms with Gasteiger partial charge in [-0.1, -0.05) is 12.5 Å². The van der Waals surface area contributed by atoms with Gasteiger partial charge < -0.3 is 5.73 Å². The smallest absolute Gasteiger partial charge is 0.123 e. The Kier molecular flexibility index (Phi) is 3.06. The molecule has 82 valence electrons. The highest BCUT2D eigenvalue weighted by molar-refractivity contribution is 5.27. The Morgan fingerprint density at radius 1 is 1.40 bits per heavy atom. The number of halogens is 1. The van der Waals surface area contributed by atoms with E-state index < -0.39 is 0 Å². The Bertz CT molecular complexity index is 348. The molecule has 0 heterocycles. The highest BCUT2D eigenvalue weighted by Gasteiger charge is 2.24. The molecule has 0 saturated heterocycles. The summed E-state index contributed by atoms with van der Waals surface area (Å²) in [5.41, 5.74) is 8.33. The van der Waals surface area contributed by atoms with Crippen molar-refractivity contribution in [1.82, 2.24) is 0 Å². The molecule has 2 atom stereocenters. The lowest BCUT2D eigenvalue weighted by atomic mass is 9.93. The maximum atomic E-state index is 12.9. The summed E-state index contributed by atoms with van der Waals surface area (Å²) in [4.78, 5) is 0. The zero-order chi connectivity index (χ0) is 10.8. The Balaban J connectivity index is 2.10. The van der Waals surface area contributed by atoms with Gasteiger partial charge in [-0.25, -0.2) is 4.39 Å². The summed E-state index contributed by atoms with van der Waals surface area (Å²) in [6.07, 6.45) is 4.61. The molecule has 0 bridgehead atoms. The average Bonchev–Trinajstić information content (AvgIpc) is 2.57. The van der Waals surface area contributed by atoms with Crippen LogP contribution in [0.2, 0.25) is 0 Å². The summed E-state index contributed by atoms with van der Waals surface area (Å²) < 4.78 is 12.9. The molecule has 1 aromatic rings. The summed E-state index contributed by atoms with van der Waals surface area (Å²) in [5.74, 6) is 0.445. The van der Waals surface area contributed by atoms with Crippen LogP contribution in [0.5, 0.6) is 0 Å². The van der Waals surface area contributed by atoms with Gasteiger partial charge in [-0.3, -0.25) is 0 Å². The Morgan fingerprint density at radius 2 is 2.20 bits per heavy atom. The molecule has 1 aromatic carbocycles. The quantitative estimate of drug-likeness (QED) is 0.793. The van der Waals surface area contributed by atoms with Gasteiger partial charge in [0.2, 0.25) is 0 Å². The van der Waals surface area contributed by atoms with E-state index in [-0.39, 0.29) is 5.82 Å². The molecule has 2 unspecified atom stereocenters. The summed E-state index contributed by atoms with van der Waals surface area (Å²) in [7, 11) is 0. The first-order valence-electron chi connectivity index (χ1n) is 5.67. The van der Waals surface area contributed by atoms with Crippen LogP contribution in [0.25, 0.3) is 0 Å². The summed E-state index contributed by atoms with van der Waals surface area (Å²) in [6.45, 7) is 1.97. The average molecular weight is 207 g/mol. The molecule has 0 radical (unpaired) electrons. The molecule has 2 rings (SSSR count). The minimum atomic E-state index is -0.146. The van der Waals surface area contributed by atoms with Crippen LogP contribution < -0.4 is 5.73 Å².